The van der Waals surface area contributed by atoms with E-state index in [9.17, 15) is 4.79 Å². The fraction of sp³-hybridized carbons (Fsp3) is 0.278. The van der Waals surface area contributed by atoms with Crippen LogP contribution in [0.2, 0.25) is 0 Å². The number of amides is 1. The predicted molar refractivity (Wildman–Crippen MR) is 91.0 cm³/mol. The number of para-hydroxylation sites is 1. The van der Waals surface area contributed by atoms with Gasteiger partial charge in [0.25, 0.3) is 0 Å². The first-order chi connectivity index (χ1) is 9.97. The van der Waals surface area contributed by atoms with E-state index in [4.69, 9.17) is 0 Å². The first-order valence-corrected chi connectivity index (χ1v) is 7.96. The SMILES string of the molecule is Cc1ccc(SC(C)C(=O)Nc2ccccc2C)cc1C. The van der Waals surface area contributed by atoms with Crippen LogP contribution in [0.4, 0.5) is 5.69 Å². The fourth-order valence-corrected chi connectivity index (χ4v) is 2.96. The third-order valence-corrected chi connectivity index (χ3v) is 4.66. The van der Waals surface area contributed by atoms with Crippen LogP contribution in [0, 0.1) is 20.8 Å². The minimum atomic E-state index is -0.133. The van der Waals surface area contributed by atoms with Crippen molar-refractivity contribution in [3.63, 3.8) is 0 Å². The Balaban J connectivity index is 2.02. The lowest BCUT2D eigenvalue weighted by Crippen LogP contribution is -2.22. The van der Waals surface area contributed by atoms with E-state index >= 15 is 0 Å². The molecule has 1 unspecified atom stereocenters. The van der Waals surface area contributed by atoms with Crippen LogP contribution in [0.15, 0.2) is 47.4 Å². The monoisotopic (exact) mass is 299 g/mol. The van der Waals surface area contributed by atoms with Crippen molar-refractivity contribution in [3.05, 3.63) is 59.2 Å². The number of hydrogen-bond donors (Lipinski definition) is 1. The lowest BCUT2D eigenvalue weighted by Gasteiger charge is -2.14. The van der Waals surface area contributed by atoms with Crippen molar-refractivity contribution in [3.8, 4) is 0 Å². The van der Waals surface area contributed by atoms with E-state index in [1.807, 2.05) is 38.1 Å². The number of hydrogen-bond acceptors (Lipinski definition) is 2. The molecule has 21 heavy (non-hydrogen) atoms. The molecule has 110 valence electrons. The molecule has 2 aromatic rings. The Morgan fingerprint density at radius 2 is 1.71 bits per heavy atom. The molecule has 0 heterocycles. The van der Waals surface area contributed by atoms with Crippen LogP contribution in [0.3, 0.4) is 0 Å². The van der Waals surface area contributed by atoms with Crippen molar-refractivity contribution < 1.29 is 4.79 Å². The van der Waals surface area contributed by atoms with Crippen molar-refractivity contribution in [1.82, 2.24) is 0 Å². The second-order valence-electron chi connectivity index (χ2n) is 5.31. The average Bonchev–Trinajstić information content (AvgIpc) is 2.45. The van der Waals surface area contributed by atoms with Gasteiger partial charge in [-0.05, 0) is 62.6 Å². The highest BCUT2D eigenvalue weighted by molar-refractivity contribution is 8.00. The number of carbonyl (C=O) groups is 1. The quantitative estimate of drug-likeness (QED) is 0.827. The lowest BCUT2D eigenvalue weighted by molar-refractivity contribution is -0.115. The molecule has 2 rings (SSSR count). The van der Waals surface area contributed by atoms with Crippen LogP contribution in [0.5, 0.6) is 0 Å². The molecule has 0 fully saturated rings. The van der Waals surface area contributed by atoms with E-state index in [2.05, 4.69) is 37.4 Å². The molecule has 2 aromatic carbocycles. The summed E-state index contributed by atoms with van der Waals surface area (Å²) in [7, 11) is 0. The maximum Gasteiger partial charge on any atom is 0.237 e. The molecular weight excluding hydrogens is 278 g/mol. The van der Waals surface area contributed by atoms with Gasteiger partial charge in [0.2, 0.25) is 5.91 Å². The second-order valence-corrected chi connectivity index (χ2v) is 6.72. The van der Waals surface area contributed by atoms with Gasteiger partial charge in [-0.2, -0.15) is 0 Å². The van der Waals surface area contributed by atoms with Gasteiger partial charge < -0.3 is 5.32 Å². The average molecular weight is 299 g/mol. The van der Waals surface area contributed by atoms with E-state index in [1.165, 1.54) is 11.1 Å². The fourth-order valence-electron chi connectivity index (χ4n) is 1.99. The van der Waals surface area contributed by atoms with E-state index in [-0.39, 0.29) is 11.2 Å². The van der Waals surface area contributed by atoms with Crippen molar-refractivity contribution in [1.29, 1.82) is 0 Å². The van der Waals surface area contributed by atoms with E-state index in [0.29, 0.717) is 0 Å². The highest BCUT2D eigenvalue weighted by atomic mass is 32.2. The maximum absolute atomic E-state index is 12.3. The largest absolute Gasteiger partial charge is 0.325 e. The highest BCUT2D eigenvalue weighted by Crippen LogP contribution is 2.26. The third-order valence-electron chi connectivity index (χ3n) is 3.56. The molecule has 1 N–H and O–H groups in total. The number of nitrogens with one attached hydrogen (secondary N) is 1. The van der Waals surface area contributed by atoms with Crippen LogP contribution >= 0.6 is 11.8 Å². The standard InChI is InChI=1S/C18H21NOS/c1-12-9-10-16(11-14(12)3)21-15(4)18(20)19-17-8-6-5-7-13(17)2/h5-11,15H,1-4H3,(H,19,20). The Bertz CT molecular complexity index is 651. The first kappa shape index (κ1) is 15.6. The molecule has 0 aliphatic rings. The summed E-state index contributed by atoms with van der Waals surface area (Å²) in [6.45, 7) is 8.12. The van der Waals surface area contributed by atoms with Gasteiger partial charge in [-0.25, -0.2) is 0 Å². The van der Waals surface area contributed by atoms with Crippen molar-refractivity contribution in [2.75, 3.05) is 5.32 Å². The summed E-state index contributed by atoms with van der Waals surface area (Å²) in [5.74, 6) is 0.0347. The van der Waals surface area contributed by atoms with Gasteiger partial charge in [0.05, 0.1) is 5.25 Å². The minimum Gasteiger partial charge on any atom is -0.325 e. The van der Waals surface area contributed by atoms with Gasteiger partial charge in [-0.1, -0.05) is 24.3 Å². The Morgan fingerprint density at radius 3 is 2.38 bits per heavy atom. The molecule has 0 bridgehead atoms. The van der Waals surface area contributed by atoms with Gasteiger partial charge >= 0.3 is 0 Å². The number of rotatable bonds is 4. The molecule has 0 saturated carbocycles. The normalized spacial score (nSPS) is 12.0. The first-order valence-electron chi connectivity index (χ1n) is 7.08. The zero-order chi connectivity index (χ0) is 15.4. The molecule has 0 spiro atoms. The summed E-state index contributed by atoms with van der Waals surface area (Å²) in [5.41, 5.74) is 4.49. The van der Waals surface area contributed by atoms with Crippen LogP contribution in [-0.4, -0.2) is 11.2 Å². The third kappa shape index (κ3) is 4.11. The molecule has 0 radical (unpaired) electrons. The molecule has 0 saturated heterocycles. The van der Waals surface area contributed by atoms with Crippen LogP contribution in [-0.2, 0) is 4.79 Å². The summed E-state index contributed by atoms with van der Waals surface area (Å²) >= 11 is 1.59. The Hall–Kier alpha value is -1.74. The zero-order valence-electron chi connectivity index (χ0n) is 12.9. The second kappa shape index (κ2) is 6.81. The van der Waals surface area contributed by atoms with Crippen molar-refractivity contribution >= 4 is 23.4 Å². The molecule has 1 amide bonds. The Morgan fingerprint density at radius 1 is 1.00 bits per heavy atom. The number of benzene rings is 2. The van der Waals surface area contributed by atoms with Crippen LogP contribution in [0.1, 0.15) is 23.6 Å². The van der Waals surface area contributed by atoms with Crippen LogP contribution < -0.4 is 5.32 Å². The summed E-state index contributed by atoms with van der Waals surface area (Å²) in [6, 6.07) is 14.1. The molecule has 0 aliphatic heterocycles. The molecule has 3 heteroatoms. The van der Waals surface area contributed by atoms with E-state index in [0.717, 1.165) is 16.1 Å². The molecule has 2 nitrogen and oxygen atoms in total. The lowest BCUT2D eigenvalue weighted by atomic mass is 10.1. The number of thioether (sulfide) groups is 1. The van der Waals surface area contributed by atoms with Gasteiger partial charge in [0.1, 0.15) is 0 Å². The van der Waals surface area contributed by atoms with Gasteiger partial charge in [-0.15, -0.1) is 11.8 Å². The van der Waals surface area contributed by atoms with Crippen molar-refractivity contribution in [2.45, 2.75) is 37.8 Å². The van der Waals surface area contributed by atoms with Gasteiger partial charge in [-0.3, -0.25) is 4.79 Å². The van der Waals surface area contributed by atoms with E-state index < -0.39 is 0 Å². The van der Waals surface area contributed by atoms with Crippen LogP contribution in [0.25, 0.3) is 0 Å². The minimum absolute atomic E-state index is 0.0347. The molecule has 0 aromatic heterocycles. The predicted octanol–water partition coefficient (Wildman–Crippen LogP) is 4.73. The summed E-state index contributed by atoms with van der Waals surface area (Å²) < 4.78 is 0. The number of aryl methyl sites for hydroxylation is 3. The number of carbonyl (C=O) groups excluding carboxylic acids is 1. The summed E-state index contributed by atoms with van der Waals surface area (Å²) in [4.78, 5) is 13.4. The summed E-state index contributed by atoms with van der Waals surface area (Å²) in [5, 5.41) is 2.86. The topological polar surface area (TPSA) is 29.1 Å². The molecular formula is C18H21NOS. The van der Waals surface area contributed by atoms with Crippen molar-refractivity contribution in [2.24, 2.45) is 0 Å². The maximum atomic E-state index is 12.3. The number of anilines is 1. The summed E-state index contributed by atoms with van der Waals surface area (Å²) in [6.07, 6.45) is 0. The van der Waals surface area contributed by atoms with Gasteiger partial charge in [0, 0.05) is 10.6 Å². The Kier molecular flexibility index (Phi) is 5.07. The van der Waals surface area contributed by atoms with Gasteiger partial charge in [0.15, 0.2) is 0 Å². The molecule has 0 aliphatic carbocycles. The molecule has 1 atom stereocenters. The highest BCUT2D eigenvalue weighted by Gasteiger charge is 2.15. The van der Waals surface area contributed by atoms with E-state index in [1.54, 1.807) is 11.8 Å². The smallest absolute Gasteiger partial charge is 0.237 e. The zero-order valence-corrected chi connectivity index (χ0v) is 13.8. The Labute approximate surface area is 131 Å².